The van der Waals surface area contributed by atoms with Crippen LogP contribution in [0.4, 0.5) is 4.79 Å². The lowest BCUT2D eigenvalue weighted by molar-refractivity contribution is -0.142. The van der Waals surface area contributed by atoms with Crippen molar-refractivity contribution < 1.29 is 19.1 Å². The maximum Gasteiger partial charge on any atom is 0.409 e. The quantitative estimate of drug-likeness (QED) is 0.534. The number of amides is 3. The molecule has 2 aliphatic carbocycles. The van der Waals surface area contributed by atoms with Gasteiger partial charge in [0.2, 0.25) is 11.8 Å². The summed E-state index contributed by atoms with van der Waals surface area (Å²) in [5, 5.41) is 0.662. The Morgan fingerprint density at radius 1 is 1.03 bits per heavy atom. The molecule has 4 fully saturated rings. The number of ether oxygens (including phenoxy) is 1. The highest BCUT2D eigenvalue weighted by molar-refractivity contribution is 6.30. The van der Waals surface area contributed by atoms with E-state index in [1.54, 1.807) is 11.9 Å². The van der Waals surface area contributed by atoms with Gasteiger partial charge in [-0.25, -0.2) is 4.79 Å². The molecule has 8 heteroatoms. The van der Waals surface area contributed by atoms with Gasteiger partial charge < -0.3 is 19.4 Å². The molecule has 0 N–H and O–H groups in total. The molecule has 4 aliphatic rings. The Balaban J connectivity index is 1.23. The van der Waals surface area contributed by atoms with Crippen molar-refractivity contribution in [1.29, 1.82) is 0 Å². The number of likely N-dealkylation sites (tertiary alicyclic amines) is 2. The van der Waals surface area contributed by atoms with Crippen LogP contribution in [0.3, 0.4) is 0 Å². The summed E-state index contributed by atoms with van der Waals surface area (Å²) in [6.45, 7) is 4.83. The highest BCUT2D eigenvalue weighted by Gasteiger charge is 2.48. The van der Waals surface area contributed by atoms with Crippen molar-refractivity contribution in [2.45, 2.75) is 63.8 Å². The molecule has 196 valence electrons. The first-order valence-electron chi connectivity index (χ1n) is 13.5. The third-order valence-corrected chi connectivity index (χ3v) is 9.03. The standard InChI is InChI=1S/C28H38ClN3O4/c1-28(12-13-28)26(34)31-14-9-21(10-15-31)25(33)32-17-23(20-5-7-22(29)8-6-20)24(18-32)30(2)27(35)36-16-11-19-3-4-19/h5-8,19,21,23-24H,3-4,9-18H2,1-2H3/t23-,24+/m1/s1. The zero-order valence-electron chi connectivity index (χ0n) is 21.5. The van der Waals surface area contributed by atoms with Crippen molar-refractivity contribution in [3.05, 3.63) is 34.9 Å². The van der Waals surface area contributed by atoms with Crippen LogP contribution in [0.15, 0.2) is 24.3 Å². The Bertz CT molecular complexity index is 983. The zero-order chi connectivity index (χ0) is 25.4. The Labute approximate surface area is 219 Å². The van der Waals surface area contributed by atoms with E-state index in [4.69, 9.17) is 16.3 Å². The second-order valence-electron chi connectivity index (χ2n) is 11.6. The molecule has 0 aromatic heterocycles. The molecule has 7 nitrogen and oxygen atoms in total. The maximum absolute atomic E-state index is 13.6. The van der Waals surface area contributed by atoms with Crippen molar-refractivity contribution in [2.24, 2.45) is 17.3 Å². The summed E-state index contributed by atoms with van der Waals surface area (Å²) in [6, 6.07) is 7.53. The van der Waals surface area contributed by atoms with Crippen molar-refractivity contribution in [3.8, 4) is 0 Å². The van der Waals surface area contributed by atoms with Crippen molar-refractivity contribution >= 4 is 29.5 Å². The molecule has 2 atom stereocenters. The summed E-state index contributed by atoms with van der Waals surface area (Å²) in [7, 11) is 1.78. The first kappa shape index (κ1) is 25.4. The van der Waals surface area contributed by atoms with Crippen LogP contribution < -0.4 is 0 Å². The van der Waals surface area contributed by atoms with E-state index >= 15 is 0 Å². The van der Waals surface area contributed by atoms with Gasteiger partial charge in [0.05, 0.1) is 12.6 Å². The molecular weight excluding hydrogens is 478 g/mol. The van der Waals surface area contributed by atoms with Gasteiger partial charge in [0, 0.05) is 55.5 Å². The lowest BCUT2D eigenvalue weighted by Gasteiger charge is -2.34. The minimum absolute atomic E-state index is 0.0105. The Morgan fingerprint density at radius 2 is 1.69 bits per heavy atom. The molecular formula is C28H38ClN3O4. The average Bonchev–Trinajstić information content (AvgIpc) is 3.81. The molecule has 36 heavy (non-hydrogen) atoms. The molecule has 0 bridgehead atoms. The predicted molar refractivity (Wildman–Crippen MR) is 138 cm³/mol. The minimum Gasteiger partial charge on any atom is -0.449 e. The SMILES string of the molecule is CN(C(=O)OCCC1CC1)[C@H]1CN(C(=O)C2CCN(C(=O)C3(C)CC3)CC2)C[C@@H]1c1ccc(Cl)cc1. The highest BCUT2D eigenvalue weighted by Crippen LogP contribution is 2.47. The fraction of sp³-hybridized carbons (Fsp3) is 0.679. The van der Waals surface area contributed by atoms with E-state index < -0.39 is 0 Å². The molecule has 0 radical (unpaired) electrons. The molecule has 2 saturated carbocycles. The summed E-state index contributed by atoms with van der Waals surface area (Å²) in [5.74, 6) is 1.000. The molecule has 0 spiro atoms. The third kappa shape index (κ3) is 5.51. The van der Waals surface area contributed by atoms with E-state index in [1.807, 2.05) is 41.0 Å². The molecule has 3 amide bonds. The van der Waals surface area contributed by atoms with Gasteiger partial charge in [0.25, 0.3) is 0 Å². The van der Waals surface area contributed by atoms with Crippen LogP contribution in [-0.4, -0.2) is 78.5 Å². The summed E-state index contributed by atoms with van der Waals surface area (Å²) in [4.78, 5) is 44.7. The number of halogens is 1. The molecule has 0 unspecified atom stereocenters. The van der Waals surface area contributed by atoms with E-state index in [0.717, 1.165) is 24.8 Å². The second kappa shape index (κ2) is 10.2. The van der Waals surface area contributed by atoms with Crippen LogP contribution in [-0.2, 0) is 14.3 Å². The molecule has 2 heterocycles. The van der Waals surface area contributed by atoms with Gasteiger partial charge in [-0.2, -0.15) is 0 Å². The number of likely N-dealkylation sites (N-methyl/N-ethyl adjacent to an activating group) is 1. The van der Waals surface area contributed by atoms with Gasteiger partial charge in [-0.1, -0.05) is 43.5 Å². The summed E-state index contributed by atoms with van der Waals surface area (Å²) in [6.07, 6.45) is 6.42. The van der Waals surface area contributed by atoms with Crippen LogP contribution in [0.25, 0.3) is 0 Å². The fourth-order valence-electron chi connectivity index (χ4n) is 5.72. The average molecular weight is 516 g/mol. The molecule has 1 aromatic rings. The summed E-state index contributed by atoms with van der Waals surface area (Å²) < 4.78 is 5.57. The van der Waals surface area contributed by atoms with E-state index in [0.29, 0.717) is 56.6 Å². The number of hydrogen-bond donors (Lipinski definition) is 0. The molecule has 5 rings (SSSR count). The lowest BCUT2D eigenvalue weighted by atomic mass is 9.93. The van der Waals surface area contributed by atoms with E-state index in [1.165, 1.54) is 12.8 Å². The van der Waals surface area contributed by atoms with Crippen LogP contribution in [0.2, 0.25) is 5.02 Å². The number of benzene rings is 1. The first-order chi connectivity index (χ1) is 17.2. The number of rotatable bonds is 7. The Hall–Kier alpha value is -2.28. The van der Waals surface area contributed by atoms with Crippen molar-refractivity contribution in [3.63, 3.8) is 0 Å². The van der Waals surface area contributed by atoms with Crippen LogP contribution in [0, 0.1) is 17.3 Å². The van der Waals surface area contributed by atoms with Gasteiger partial charge >= 0.3 is 6.09 Å². The van der Waals surface area contributed by atoms with E-state index in [-0.39, 0.29) is 41.2 Å². The van der Waals surface area contributed by atoms with Crippen molar-refractivity contribution in [2.75, 3.05) is 39.8 Å². The summed E-state index contributed by atoms with van der Waals surface area (Å²) in [5.41, 5.74) is 0.901. The van der Waals surface area contributed by atoms with Crippen LogP contribution in [0.5, 0.6) is 0 Å². The van der Waals surface area contributed by atoms with Crippen LogP contribution in [0.1, 0.15) is 63.4 Å². The van der Waals surface area contributed by atoms with Crippen molar-refractivity contribution in [1.82, 2.24) is 14.7 Å². The van der Waals surface area contributed by atoms with Gasteiger partial charge in [0.1, 0.15) is 0 Å². The highest BCUT2D eigenvalue weighted by atomic mass is 35.5. The molecule has 2 aliphatic heterocycles. The largest absolute Gasteiger partial charge is 0.449 e. The summed E-state index contributed by atoms with van der Waals surface area (Å²) >= 11 is 6.13. The van der Waals surface area contributed by atoms with Gasteiger partial charge in [-0.3, -0.25) is 9.59 Å². The second-order valence-corrected chi connectivity index (χ2v) is 12.0. The minimum atomic E-state index is -0.325. The Kier molecular flexibility index (Phi) is 7.21. The first-order valence-corrected chi connectivity index (χ1v) is 13.9. The molecule has 1 aromatic carbocycles. The number of hydrogen-bond acceptors (Lipinski definition) is 4. The van der Waals surface area contributed by atoms with Gasteiger partial charge in [-0.15, -0.1) is 0 Å². The Morgan fingerprint density at radius 3 is 2.31 bits per heavy atom. The number of piperidine rings is 1. The normalized spacial score (nSPS) is 25.5. The lowest BCUT2D eigenvalue weighted by Crippen LogP contribution is -2.46. The zero-order valence-corrected chi connectivity index (χ0v) is 22.2. The molecule has 2 saturated heterocycles. The predicted octanol–water partition coefficient (Wildman–Crippen LogP) is 4.54. The number of carbonyl (C=O) groups excluding carboxylic acids is 3. The smallest absolute Gasteiger partial charge is 0.409 e. The number of nitrogens with zero attached hydrogens (tertiary/aromatic N) is 3. The van der Waals surface area contributed by atoms with E-state index in [9.17, 15) is 14.4 Å². The van der Waals surface area contributed by atoms with Gasteiger partial charge in [-0.05, 0) is 55.7 Å². The topological polar surface area (TPSA) is 70.2 Å². The van der Waals surface area contributed by atoms with E-state index in [2.05, 4.69) is 0 Å². The van der Waals surface area contributed by atoms with Crippen LogP contribution >= 0.6 is 11.6 Å². The fourth-order valence-corrected chi connectivity index (χ4v) is 5.85. The number of carbonyl (C=O) groups is 3. The van der Waals surface area contributed by atoms with Gasteiger partial charge in [0.15, 0.2) is 0 Å². The maximum atomic E-state index is 13.6. The monoisotopic (exact) mass is 515 g/mol. The third-order valence-electron chi connectivity index (χ3n) is 8.78.